The maximum atomic E-state index is 13.8. The summed E-state index contributed by atoms with van der Waals surface area (Å²) in [6.07, 6.45) is 0.585. The summed E-state index contributed by atoms with van der Waals surface area (Å²) < 4.78 is 0. The smallest absolute Gasteiger partial charge is 0.279 e. The van der Waals surface area contributed by atoms with Crippen molar-refractivity contribution in [2.45, 2.75) is 18.1 Å². The molecule has 1 fully saturated rings. The summed E-state index contributed by atoms with van der Waals surface area (Å²) in [5, 5.41) is 13.0. The fourth-order valence-electron chi connectivity index (χ4n) is 5.23. The number of hydrogen-bond acceptors (Lipinski definition) is 7. The van der Waals surface area contributed by atoms with E-state index in [1.807, 2.05) is 31.3 Å². The second-order valence-electron chi connectivity index (χ2n) is 10.0. The van der Waals surface area contributed by atoms with E-state index in [2.05, 4.69) is 14.8 Å². The van der Waals surface area contributed by atoms with Crippen LogP contribution in [-0.4, -0.2) is 89.1 Å². The number of amides is 1. The molecule has 39 heavy (non-hydrogen) atoms. The summed E-state index contributed by atoms with van der Waals surface area (Å²) in [6.45, 7) is 3.06. The molecule has 0 radical (unpaired) electrons. The Balaban J connectivity index is 1.46. The number of carbonyl (C=O) groups excluding carboxylic acids is 2. The summed E-state index contributed by atoms with van der Waals surface area (Å²) in [7, 11) is 2.05. The summed E-state index contributed by atoms with van der Waals surface area (Å²) in [5.74, 6) is -0.872. The van der Waals surface area contributed by atoms with Gasteiger partial charge in [0.25, 0.3) is 5.91 Å². The standard InChI is InChI=1S/C29H30Cl2N4O4/c1-33-12-14-34(15-13-33)18-26(36)27(37)19-39-35-28(38)24-4-2-3-5-25(24)29(35,20-6-8-21(30)9-7-20)16-23-11-10-22(31)17-32-23/h2-11,17,26,36H,12-16,18-19H2,1H3/t26?,29-/m1/s1. The van der Waals surface area contributed by atoms with Crippen LogP contribution in [0.3, 0.4) is 0 Å². The lowest BCUT2D eigenvalue weighted by atomic mass is 9.79. The molecule has 0 saturated carbocycles. The van der Waals surface area contributed by atoms with Crippen molar-refractivity contribution in [3.05, 3.63) is 99.3 Å². The molecule has 3 heterocycles. The van der Waals surface area contributed by atoms with E-state index in [4.69, 9.17) is 28.0 Å². The van der Waals surface area contributed by atoms with E-state index < -0.39 is 24.0 Å². The van der Waals surface area contributed by atoms with Crippen molar-refractivity contribution in [2.75, 3.05) is 46.4 Å². The molecule has 1 aromatic heterocycles. The van der Waals surface area contributed by atoms with Gasteiger partial charge in [0, 0.05) is 61.6 Å². The van der Waals surface area contributed by atoms with E-state index in [-0.39, 0.29) is 18.9 Å². The van der Waals surface area contributed by atoms with Gasteiger partial charge in [-0.2, -0.15) is 0 Å². The second kappa shape index (κ2) is 11.7. The van der Waals surface area contributed by atoms with Gasteiger partial charge in [0.2, 0.25) is 0 Å². The monoisotopic (exact) mass is 568 g/mol. The molecular weight excluding hydrogens is 539 g/mol. The number of rotatable bonds is 9. The highest BCUT2D eigenvalue weighted by Gasteiger charge is 2.52. The van der Waals surface area contributed by atoms with Crippen LogP contribution >= 0.6 is 23.2 Å². The highest BCUT2D eigenvalue weighted by atomic mass is 35.5. The summed E-state index contributed by atoms with van der Waals surface area (Å²) in [4.78, 5) is 41.6. The summed E-state index contributed by atoms with van der Waals surface area (Å²) >= 11 is 12.3. The third kappa shape index (κ3) is 5.72. The molecule has 1 amide bonds. The van der Waals surface area contributed by atoms with Crippen molar-refractivity contribution >= 4 is 34.9 Å². The van der Waals surface area contributed by atoms with Gasteiger partial charge in [-0.25, -0.2) is 5.06 Å². The van der Waals surface area contributed by atoms with Crippen LogP contribution in [0.1, 0.15) is 27.2 Å². The van der Waals surface area contributed by atoms with Gasteiger partial charge in [0.1, 0.15) is 18.2 Å². The van der Waals surface area contributed by atoms with Crippen LogP contribution in [-0.2, 0) is 21.6 Å². The topological polar surface area (TPSA) is 86.2 Å². The number of pyridine rings is 1. The normalized spacial score (nSPS) is 20.7. The quantitative estimate of drug-likeness (QED) is 0.423. The van der Waals surface area contributed by atoms with Gasteiger partial charge in [-0.3, -0.25) is 24.3 Å². The van der Waals surface area contributed by atoms with Crippen LogP contribution in [0.15, 0.2) is 66.9 Å². The van der Waals surface area contributed by atoms with Crippen molar-refractivity contribution < 1.29 is 19.5 Å². The van der Waals surface area contributed by atoms with Crippen molar-refractivity contribution in [1.82, 2.24) is 19.8 Å². The number of aromatic nitrogens is 1. The number of Topliss-reactive ketones (excluding diaryl/α,β-unsaturated/α-hetero) is 1. The molecular formula is C29H30Cl2N4O4. The van der Waals surface area contributed by atoms with Crippen LogP contribution in [0.2, 0.25) is 10.0 Å². The molecule has 2 aromatic carbocycles. The van der Waals surface area contributed by atoms with Gasteiger partial charge in [0.15, 0.2) is 5.78 Å². The van der Waals surface area contributed by atoms with E-state index in [1.54, 1.807) is 42.6 Å². The minimum atomic E-state index is -1.23. The van der Waals surface area contributed by atoms with E-state index in [0.29, 0.717) is 21.3 Å². The van der Waals surface area contributed by atoms with Gasteiger partial charge >= 0.3 is 0 Å². The molecule has 2 aliphatic heterocycles. The first kappa shape index (κ1) is 27.7. The Morgan fingerprint density at radius 3 is 2.41 bits per heavy atom. The molecule has 0 aliphatic carbocycles. The van der Waals surface area contributed by atoms with E-state index in [0.717, 1.165) is 37.3 Å². The molecule has 1 saturated heterocycles. The van der Waals surface area contributed by atoms with Crippen LogP contribution in [0.25, 0.3) is 0 Å². The number of carbonyl (C=O) groups is 2. The van der Waals surface area contributed by atoms with E-state index in [9.17, 15) is 14.7 Å². The molecule has 2 aliphatic rings. The molecule has 8 nitrogen and oxygen atoms in total. The zero-order valence-corrected chi connectivity index (χ0v) is 23.1. The Bertz CT molecular complexity index is 1330. The molecule has 1 unspecified atom stereocenters. The average molecular weight is 569 g/mol. The number of hydrogen-bond donors (Lipinski definition) is 1. The SMILES string of the molecule is CN1CCN(CC(O)C(=O)CON2C(=O)c3ccccc3[C@@]2(Cc2ccc(Cl)cn2)c2ccc(Cl)cc2)CC1. The van der Waals surface area contributed by atoms with E-state index in [1.165, 1.54) is 5.06 Å². The maximum absolute atomic E-state index is 13.8. The number of aliphatic hydroxyl groups is 1. The van der Waals surface area contributed by atoms with Crippen molar-refractivity contribution in [1.29, 1.82) is 0 Å². The van der Waals surface area contributed by atoms with Crippen LogP contribution in [0.4, 0.5) is 0 Å². The zero-order valence-electron chi connectivity index (χ0n) is 21.6. The molecule has 0 bridgehead atoms. The van der Waals surface area contributed by atoms with Gasteiger partial charge in [0.05, 0.1) is 5.02 Å². The minimum absolute atomic E-state index is 0.223. The zero-order chi connectivity index (χ0) is 27.6. The first-order valence-corrected chi connectivity index (χ1v) is 13.6. The fourth-order valence-corrected chi connectivity index (χ4v) is 5.47. The first-order chi connectivity index (χ1) is 18.8. The maximum Gasteiger partial charge on any atom is 0.279 e. The van der Waals surface area contributed by atoms with Crippen molar-refractivity contribution in [3.8, 4) is 0 Å². The first-order valence-electron chi connectivity index (χ1n) is 12.8. The molecule has 3 aromatic rings. The van der Waals surface area contributed by atoms with E-state index >= 15 is 0 Å². The van der Waals surface area contributed by atoms with Crippen LogP contribution in [0.5, 0.6) is 0 Å². The number of aliphatic hydroxyl groups excluding tert-OH is 1. The minimum Gasteiger partial charge on any atom is -0.384 e. The van der Waals surface area contributed by atoms with Gasteiger partial charge in [-0.05, 0) is 48.5 Å². The molecule has 0 spiro atoms. The van der Waals surface area contributed by atoms with Gasteiger partial charge in [-0.1, -0.05) is 53.5 Å². The number of halogens is 2. The van der Waals surface area contributed by atoms with Crippen LogP contribution < -0.4 is 0 Å². The van der Waals surface area contributed by atoms with Crippen molar-refractivity contribution in [3.63, 3.8) is 0 Å². The lowest BCUT2D eigenvalue weighted by Gasteiger charge is -2.38. The summed E-state index contributed by atoms with van der Waals surface area (Å²) in [6, 6.07) is 18.0. The molecule has 10 heteroatoms. The molecule has 1 N–H and O–H groups in total. The lowest BCUT2D eigenvalue weighted by Crippen LogP contribution is -2.50. The van der Waals surface area contributed by atoms with Gasteiger partial charge < -0.3 is 10.0 Å². The third-order valence-electron chi connectivity index (χ3n) is 7.42. The second-order valence-corrected chi connectivity index (χ2v) is 10.9. The molecule has 5 rings (SSSR count). The highest BCUT2D eigenvalue weighted by Crippen LogP contribution is 2.46. The Morgan fingerprint density at radius 1 is 1.03 bits per heavy atom. The van der Waals surface area contributed by atoms with Crippen molar-refractivity contribution in [2.24, 2.45) is 0 Å². The Kier molecular flexibility index (Phi) is 8.32. The predicted molar refractivity (Wildman–Crippen MR) is 149 cm³/mol. The number of fused-ring (bicyclic) bond motifs is 1. The lowest BCUT2D eigenvalue weighted by molar-refractivity contribution is -0.180. The number of likely N-dealkylation sites (N-methyl/N-ethyl adjacent to an activating group) is 1. The Morgan fingerprint density at radius 2 is 1.72 bits per heavy atom. The van der Waals surface area contributed by atoms with Gasteiger partial charge in [-0.15, -0.1) is 0 Å². The Labute approximate surface area is 237 Å². The number of benzene rings is 2. The number of piperazine rings is 1. The third-order valence-corrected chi connectivity index (χ3v) is 7.89. The fraction of sp³-hybridized carbons (Fsp3) is 0.345. The predicted octanol–water partition coefficient (Wildman–Crippen LogP) is 3.44. The number of ketones is 1. The average Bonchev–Trinajstić information content (AvgIpc) is 3.18. The molecule has 2 atom stereocenters. The number of nitrogens with zero attached hydrogens (tertiary/aromatic N) is 4. The number of β-amino-alcohol motifs (C(OH)–C–C–N with tert-alkyl or cyclic N) is 1. The summed E-state index contributed by atoms with van der Waals surface area (Å²) in [5.41, 5.74) is 1.47. The van der Waals surface area contributed by atoms with Crippen LogP contribution in [0, 0.1) is 0 Å². The highest BCUT2D eigenvalue weighted by molar-refractivity contribution is 6.30. The Hall–Kier alpha value is -2.85. The largest absolute Gasteiger partial charge is 0.384 e. The molecule has 204 valence electrons. The number of hydroxylamine groups is 2.